The van der Waals surface area contributed by atoms with Crippen LogP contribution in [0.2, 0.25) is 0 Å². The normalized spacial score (nSPS) is 11.9. The first-order valence-electron chi connectivity index (χ1n) is 12.2. The zero-order chi connectivity index (χ0) is 25.6. The second-order valence-corrected chi connectivity index (χ2v) is 9.41. The highest BCUT2D eigenvalue weighted by Crippen LogP contribution is 2.29. The van der Waals surface area contributed by atoms with Crippen molar-refractivity contribution >= 4 is 33.4 Å². The van der Waals surface area contributed by atoms with Gasteiger partial charge in [-0.3, -0.25) is 4.79 Å². The maximum absolute atomic E-state index is 13.1. The van der Waals surface area contributed by atoms with E-state index in [0.717, 1.165) is 27.9 Å². The number of rotatable bonds is 11. The third-order valence-electron chi connectivity index (χ3n) is 5.68. The van der Waals surface area contributed by atoms with Crippen molar-refractivity contribution in [2.24, 2.45) is 0 Å². The molecule has 0 N–H and O–H groups in total. The molecule has 190 valence electrons. The van der Waals surface area contributed by atoms with E-state index < -0.39 is 0 Å². The number of benzene rings is 3. The molecule has 0 unspecified atom stereocenters. The van der Waals surface area contributed by atoms with Gasteiger partial charge >= 0.3 is 0 Å². The number of fused-ring (bicyclic) bond motifs is 3. The van der Waals surface area contributed by atoms with Gasteiger partial charge in [0.2, 0.25) is 0 Å². The smallest absolute Gasteiger partial charge is 0.274 e. The van der Waals surface area contributed by atoms with E-state index in [4.69, 9.17) is 18.9 Å². The van der Waals surface area contributed by atoms with Crippen LogP contribution in [0.25, 0.3) is 22.1 Å². The van der Waals surface area contributed by atoms with Crippen LogP contribution in [0.3, 0.4) is 0 Å². The Labute approximate surface area is 218 Å². The zero-order valence-corrected chi connectivity index (χ0v) is 21.6. The number of hydrogen-bond acceptors (Lipinski definition) is 7. The Morgan fingerprint density at radius 2 is 1.73 bits per heavy atom. The molecule has 37 heavy (non-hydrogen) atoms. The molecule has 0 fully saturated rings. The van der Waals surface area contributed by atoms with E-state index in [0.29, 0.717) is 54.0 Å². The van der Waals surface area contributed by atoms with Crippen molar-refractivity contribution in [2.75, 3.05) is 33.0 Å². The molecule has 0 radical (unpaired) electrons. The van der Waals surface area contributed by atoms with Crippen LogP contribution >= 0.6 is 11.3 Å². The number of thiazole rings is 1. The van der Waals surface area contributed by atoms with Gasteiger partial charge in [0.1, 0.15) is 19.0 Å². The quantitative estimate of drug-likeness (QED) is 0.238. The second-order valence-electron chi connectivity index (χ2n) is 8.40. The molecule has 8 heteroatoms. The van der Waals surface area contributed by atoms with Gasteiger partial charge in [-0.05, 0) is 67.4 Å². The lowest BCUT2D eigenvalue weighted by atomic mass is 10.2. The van der Waals surface area contributed by atoms with Crippen molar-refractivity contribution in [3.63, 3.8) is 0 Å². The fourth-order valence-electron chi connectivity index (χ4n) is 4.00. The van der Waals surface area contributed by atoms with Gasteiger partial charge in [0.15, 0.2) is 16.5 Å². The van der Waals surface area contributed by atoms with Crippen molar-refractivity contribution < 1.29 is 18.9 Å². The van der Waals surface area contributed by atoms with Gasteiger partial charge in [0.25, 0.3) is 5.56 Å². The molecule has 5 rings (SSSR count). The maximum Gasteiger partial charge on any atom is 0.274 e. The molecule has 0 atom stereocenters. The Morgan fingerprint density at radius 3 is 2.57 bits per heavy atom. The molecule has 0 saturated carbocycles. The Hall–Kier alpha value is -3.88. The summed E-state index contributed by atoms with van der Waals surface area (Å²) in [6.45, 7) is 6.21. The lowest BCUT2D eigenvalue weighted by Crippen LogP contribution is -2.22. The Kier molecular flexibility index (Phi) is 7.67. The van der Waals surface area contributed by atoms with Crippen LogP contribution < -0.4 is 24.3 Å². The number of nitrogens with zero attached hydrogens (tertiary/aromatic N) is 2. The zero-order valence-electron chi connectivity index (χ0n) is 20.8. The van der Waals surface area contributed by atoms with Crippen LogP contribution in [-0.4, -0.2) is 42.4 Å². The number of ether oxygens (including phenoxy) is 4. The number of aryl methyl sites for hydroxylation is 1. The Morgan fingerprint density at radius 1 is 0.892 bits per heavy atom. The number of hydrogen-bond donors (Lipinski definition) is 0. The third kappa shape index (κ3) is 5.76. The van der Waals surface area contributed by atoms with Crippen LogP contribution in [0.15, 0.2) is 71.5 Å². The highest BCUT2D eigenvalue weighted by molar-refractivity contribution is 7.15. The Balaban J connectivity index is 1.21. The van der Waals surface area contributed by atoms with E-state index in [2.05, 4.69) is 4.98 Å². The van der Waals surface area contributed by atoms with Crippen molar-refractivity contribution in [1.29, 1.82) is 0 Å². The largest absolute Gasteiger partial charge is 0.491 e. The van der Waals surface area contributed by atoms with Crippen molar-refractivity contribution in [1.82, 2.24) is 9.38 Å². The second kappa shape index (κ2) is 11.5. The molecule has 7 nitrogen and oxygen atoms in total. The molecule has 0 bridgehead atoms. The molecule has 5 aromatic rings. The van der Waals surface area contributed by atoms with Gasteiger partial charge in [-0.15, -0.1) is 0 Å². The van der Waals surface area contributed by atoms with Crippen LogP contribution in [0, 0.1) is 6.92 Å². The summed E-state index contributed by atoms with van der Waals surface area (Å²) in [5.41, 5.74) is 3.58. The molecule has 0 spiro atoms. The fourth-order valence-corrected chi connectivity index (χ4v) is 4.99. The number of aromatic nitrogens is 2. The molecular weight excluding hydrogens is 488 g/mol. The molecule has 0 aliphatic rings. The van der Waals surface area contributed by atoms with Crippen molar-refractivity contribution in [3.8, 4) is 17.2 Å². The number of para-hydroxylation sites is 2. The van der Waals surface area contributed by atoms with E-state index in [1.54, 1.807) is 4.40 Å². The van der Waals surface area contributed by atoms with Crippen molar-refractivity contribution in [3.05, 3.63) is 92.7 Å². The van der Waals surface area contributed by atoms with Gasteiger partial charge in [-0.2, -0.15) is 0 Å². The summed E-state index contributed by atoms with van der Waals surface area (Å²) < 4.78 is 25.3. The molecule has 0 aliphatic heterocycles. The van der Waals surface area contributed by atoms with Crippen LogP contribution in [-0.2, 0) is 4.74 Å². The Bertz CT molecular complexity index is 1620. The monoisotopic (exact) mass is 516 g/mol. The fraction of sp³-hybridized carbons (Fsp3) is 0.241. The minimum Gasteiger partial charge on any atom is -0.491 e. The predicted molar refractivity (Wildman–Crippen MR) is 146 cm³/mol. The predicted octanol–water partition coefficient (Wildman–Crippen LogP) is 4.64. The van der Waals surface area contributed by atoms with Crippen LogP contribution in [0.5, 0.6) is 17.2 Å². The summed E-state index contributed by atoms with van der Waals surface area (Å²) in [5, 5.41) is 0. The number of imidazole rings is 1. The average molecular weight is 517 g/mol. The van der Waals surface area contributed by atoms with E-state index >= 15 is 0 Å². The summed E-state index contributed by atoms with van der Waals surface area (Å²) in [6, 6.07) is 21.2. The van der Waals surface area contributed by atoms with Gasteiger partial charge in [0, 0.05) is 0 Å². The summed E-state index contributed by atoms with van der Waals surface area (Å²) >= 11 is 1.38. The lowest BCUT2D eigenvalue weighted by molar-refractivity contribution is 0.0755. The van der Waals surface area contributed by atoms with Crippen LogP contribution in [0.4, 0.5) is 0 Å². The molecule has 2 heterocycles. The van der Waals surface area contributed by atoms with Gasteiger partial charge in [-0.25, -0.2) is 9.38 Å². The molecule has 2 aromatic heterocycles. The first-order valence-corrected chi connectivity index (χ1v) is 13.0. The lowest BCUT2D eigenvalue weighted by Gasteiger charge is -2.13. The minimum atomic E-state index is -0.0736. The van der Waals surface area contributed by atoms with Crippen LogP contribution in [0.1, 0.15) is 18.1 Å². The van der Waals surface area contributed by atoms with E-state index in [1.165, 1.54) is 11.3 Å². The first kappa shape index (κ1) is 24.8. The SMILES string of the molecule is CCOc1cc(/C=c2\sc3nc4ccccc4n3c2=O)ccc1OCCOCCOc1cccc(C)c1. The molecule has 0 saturated heterocycles. The maximum atomic E-state index is 13.1. The average Bonchev–Trinajstić information content (AvgIpc) is 3.40. The summed E-state index contributed by atoms with van der Waals surface area (Å²) in [6.07, 6.45) is 1.86. The van der Waals surface area contributed by atoms with Gasteiger partial charge in [-0.1, -0.05) is 41.7 Å². The summed E-state index contributed by atoms with van der Waals surface area (Å²) in [7, 11) is 0. The van der Waals surface area contributed by atoms with Gasteiger partial charge < -0.3 is 18.9 Å². The van der Waals surface area contributed by atoms with Gasteiger partial charge in [0.05, 0.1) is 35.4 Å². The molecule has 0 aliphatic carbocycles. The molecule has 3 aromatic carbocycles. The van der Waals surface area contributed by atoms with E-state index in [1.807, 2.05) is 86.7 Å². The third-order valence-corrected chi connectivity index (χ3v) is 6.65. The molecule has 0 amide bonds. The molecular formula is C29H28N2O5S. The van der Waals surface area contributed by atoms with E-state index in [-0.39, 0.29) is 5.56 Å². The van der Waals surface area contributed by atoms with Crippen molar-refractivity contribution in [2.45, 2.75) is 13.8 Å². The summed E-state index contributed by atoms with van der Waals surface area (Å²) in [4.78, 5) is 18.3. The summed E-state index contributed by atoms with van der Waals surface area (Å²) in [5.74, 6) is 2.10. The van der Waals surface area contributed by atoms with E-state index in [9.17, 15) is 4.79 Å². The minimum absolute atomic E-state index is 0.0736. The first-order chi connectivity index (χ1) is 18.1. The topological polar surface area (TPSA) is 71.3 Å². The highest BCUT2D eigenvalue weighted by Gasteiger charge is 2.11. The standard InChI is InChI=1S/C29H28N2O5S/c1-3-34-26-18-21(19-27-28(32)31-24-10-5-4-9-23(24)30-29(31)37-27)11-12-25(26)36-16-14-33-13-15-35-22-8-6-7-20(2)17-22/h4-12,17-19H,3,13-16H2,1-2H3/b27-19-. The highest BCUT2D eigenvalue weighted by atomic mass is 32.1.